The van der Waals surface area contributed by atoms with Gasteiger partial charge in [-0.1, -0.05) is 40.9 Å². The highest BCUT2D eigenvalue weighted by Gasteiger charge is 2.33. The molecule has 1 saturated carbocycles. The van der Waals surface area contributed by atoms with Gasteiger partial charge in [-0.2, -0.15) is 0 Å². The fraction of sp³-hybridized carbons (Fsp3) is 0.333. The van der Waals surface area contributed by atoms with E-state index in [1.807, 2.05) is 32.3 Å². The minimum absolute atomic E-state index is 0.0234. The summed E-state index contributed by atoms with van der Waals surface area (Å²) < 4.78 is 42.7. The topological polar surface area (TPSA) is 87.2 Å². The zero-order chi connectivity index (χ0) is 26.0. The standard InChI is InChI=1S/C24H25Cl3FN5O2S/c1-33(2)22-10-15(14-3-5-16(25)17(26)9-14)4-6-20(22)31-21-12-19(28)23(11-18(21)27)36(34,35)32-24-7-8-29-13-30-24/h3,5,7-9,11-13,15,20,22,31H,4,6,10H2,1-2H3,(H,29,30,32)/t15-,20-,22-/m0/s1. The molecule has 2 aromatic carbocycles. The molecule has 3 atom stereocenters. The molecule has 0 amide bonds. The largest absolute Gasteiger partial charge is 0.379 e. The Bertz CT molecular complexity index is 1350. The van der Waals surface area contributed by atoms with Crippen molar-refractivity contribution in [3.63, 3.8) is 0 Å². The maximum absolute atomic E-state index is 15.0. The predicted octanol–water partition coefficient (Wildman–Crippen LogP) is 6.06. The van der Waals surface area contributed by atoms with Gasteiger partial charge >= 0.3 is 0 Å². The summed E-state index contributed by atoms with van der Waals surface area (Å²) in [6.07, 6.45) is 5.08. The zero-order valence-corrected chi connectivity index (χ0v) is 22.6. The Morgan fingerprint density at radius 2 is 1.81 bits per heavy atom. The zero-order valence-electron chi connectivity index (χ0n) is 19.6. The minimum Gasteiger partial charge on any atom is -0.379 e. The van der Waals surface area contributed by atoms with E-state index in [2.05, 4.69) is 24.9 Å². The second-order valence-electron chi connectivity index (χ2n) is 8.93. The average molecular weight is 573 g/mol. The van der Waals surface area contributed by atoms with E-state index in [0.29, 0.717) is 15.7 Å². The van der Waals surface area contributed by atoms with Gasteiger partial charge in [0, 0.05) is 18.3 Å². The van der Waals surface area contributed by atoms with Gasteiger partial charge in [-0.3, -0.25) is 4.72 Å². The number of hydrogen-bond acceptors (Lipinski definition) is 6. The molecule has 0 bridgehead atoms. The molecular formula is C24H25Cl3FN5O2S. The Morgan fingerprint density at radius 1 is 1.03 bits per heavy atom. The van der Waals surface area contributed by atoms with Gasteiger partial charge in [0.1, 0.15) is 22.9 Å². The molecule has 1 aromatic heterocycles. The van der Waals surface area contributed by atoms with Crippen LogP contribution in [0.25, 0.3) is 0 Å². The second-order valence-corrected chi connectivity index (χ2v) is 11.8. The van der Waals surface area contributed by atoms with Gasteiger partial charge in [0.05, 0.1) is 20.8 Å². The SMILES string of the molecule is CN(C)[C@H]1C[C@@H](c2ccc(Cl)c(Cl)c2)CC[C@@H]1Nc1cc(F)c(S(=O)(=O)Nc2ccncn2)cc1Cl. The lowest BCUT2D eigenvalue weighted by atomic mass is 9.78. The number of benzene rings is 2. The van der Waals surface area contributed by atoms with Crippen molar-refractivity contribution >= 4 is 56.3 Å². The highest BCUT2D eigenvalue weighted by atomic mass is 35.5. The van der Waals surface area contributed by atoms with Crippen LogP contribution >= 0.6 is 34.8 Å². The van der Waals surface area contributed by atoms with Crippen LogP contribution in [0.3, 0.4) is 0 Å². The Hall–Kier alpha value is -2.17. The normalized spacial score (nSPS) is 20.4. The number of sulfonamides is 1. The van der Waals surface area contributed by atoms with Gasteiger partial charge in [0.15, 0.2) is 0 Å². The molecule has 2 N–H and O–H groups in total. The van der Waals surface area contributed by atoms with Crippen molar-refractivity contribution in [2.45, 2.75) is 42.2 Å². The van der Waals surface area contributed by atoms with E-state index in [1.54, 1.807) is 0 Å². The Balaban J connectivity index is 1.53. The van der Waals surface area contributed by atoms with Crippen molar-refractivity contribution in [2.75, 3.05) is 24.1 Å². The fourth-order valence-corrected chi connectivity index (χ4v) is 6.23. The molecule has 192 valence electrons. The number of hydrogen-bond donors (Lipinski definition) is 2. The average Bonchev–Trinajstić information content (AvgIpc) is 2.83. The van der Waals surface area contributed by atoms with E-state index in [4.69, 9.17) is 34.8 Å². The molecule has 0 aliphatic heterocycles. The summed E-state index contributed by atoms with van der Waals surface area (Å²) in [7, 11) is -0.254. The van der Waals surface area contributed by atoms with Gasteiger partial charge in [0.2, 0.25) is 0 Å². The van der Waals surface area contributed by atoms with E-state index in [1.165, 1.54) is 18.6 Å². The highest BCUT2D eigenvalue weighted by molar-refractivity contribution is 7.92. The number of nitrogens with one attached hydrogen (secondary N) is 2. The number of nitrogens with zero attached hydrogens (tertiary/aromatic N) is 3. The number of aromatic nitrogens is 2. The molecule has 36 heavy (non-hydrogen) atoms. The lowest BCUT2D eigenvalue weighted by Crippen LogP contribution is -2.47. The molecule has 0 spiro atoms. The third kappa shape index (κ3) is 6.03. The van der Waals surface area contributed by atoms with Crippen molar-refractivity contribution < 1.29 is 12.8 Å². The molecule has 0 saturated heterocycles. The van der Waals surface area contributed by atoms with Crippen molar-refractivity contribution in [2.24, 2.45) is 0 Å². The molecule has 1 fully saturated rings. The van der Waals surface area contributed by atoms with Crippen LogP contribution in [0.15, 0.2) is 53.8 Å². The monoisotopic (exact) mass is 571 g/mol. The van der Waals surface area contributed by atoms with Crippen LogP contribution in [0.5, 0.6) is 0 Å². The van der Waals surface area contributed by atoms with Gasteiger partial charge in [-0.25, -0.2) is 22.8 Å². The van der Waals surface area contributed by atoms with Crippen molar-refractivity contribution in [1.29, 1.82) is 0 Å². The predicted molar refractivity (Wildman–Crippen MR) is 142 cm³/mol. The summed E-state index contributed by atoms with van der Waals surface area (Å²) in [5.74, 6) is -0.609. The molecule has 4 rings (SSSR count). The van der Waals surface area contributed by atoms with Gasteiger partial charge in [-0.15, -0.1) is 0 Å². The number of anilines is 2. The van der Waals surface area contributed by atoms with E-state index >= 15 is 4.39 Å². The first-order valence-electron chi connectivity index (χ1n) is 11.2. The van der Waals surface area contributed by atoms with Crippen LogP contribution in [0.2, 0.25) is 15.1 Å². The molecule has 3 aromatic rings. The smallest absolute Gasteiger partial charge is 0.266 e. The number of halogens is 4. The van der Waals surface area contributed by atoms with Crippen molar-refractivity contribution in [3.05, 3.63) is 75.4 Å². The lowest BCUT2D eigenvalue weighted by Gasteiger charge is -2.41. The maximum atomic E-state index is 15.0. The quantitative estimate of drug-likeness (QED) is 0.358. The lowest BCUT2D eigenvalue weighted by molar-refractivity contribution is 0.196. The minimum atomic E-state index is -4.24. The molecular weight excluding hydrogens is 548 g/mol. The third-order valence-electron chi connectivity index (χ3n) is 6.37. The first kappa shape index (κ1) is 26.9. The Labute approximate surface area is 225 Å². The molecule has 1 aliphatic rings. The molecule has 12 heteroatoms. The highest BCUT2D eigenvalue weighted by Crippen LogP contribution is 2.39. The summed E-state index contributed by atoms with van der Waals surface area (Å²) >= 11 is 18.7. The third-order valence-corrected chi connectivity index (χ3v) is 8.79. The van der Waals surface area contributed by atoms with Crippen LogP contribution < -0.4 is 10.0 Å². The van der Waals surface area contributed by atoms with Crippen molar-refractivity contribution in [1.82, 2.24) is 14.9 Å². The molecule has 7 nitrogen and oxygen atoms in total. The molecule has 1 heterocycles. The number of rotatable bonds is 7. The van der Waals surface area contributed by atoms with E-state index in [9.17, 15) is 8.42 Å². The van der Waals surface area contributed by atoms with Crippen molar-refractivity contribution in [3.8, 4) is 0 Å². The van der Waals surface area contributed by atoms with E-state index in [-0.39, 0.29) is 28.8 Å². The summed E-state index contributed by atoms with van der Waals surface area (Å²) in [5, 5.41) is 4.50. The van der Waals surface area contributed by atoms with Crippen LogP contribution in [0.4, 0.5) is 15.9 Å². The van der Waals surface area contributed by atoms with E-state index < -0.39 is 20.7 Å². The Morgan fingerprint density at radius 3 is 2.47 bits per heavy atom. The summed E-state index contributed by atoms with van der Waals surface area (Å²) in [6, 6.07) is 9.40. The second kappa shape index (κ2) is 11.1. The fourth-order valence-electron chi connectivity index (χ4n) is 4.54. The molecule has 1 aliphatic carbocycles. The van der Waals surface area contributed by atoms with Crippen LogP contribution in [-0.4, -0.2) is 49.5 Å². The van der Waals surface area contributed by atoms with Crippen LogP contribution in [0, 0.1) is 5.82 Å². The summed E-state index contributed by atoms with van der Waals surface area (Å²) in [4.78, 5) is 9.10. The Kier molecular flexibility index (Phi) is 8.26. The van der Waals surface area contributed by atoms with Crippen LogP contribution in [-0.2, 0) is 10.0 Å². The maximum Gasteiger partial charge on any atom is 0.266 e. The van der Waals surface area contributed by atoms with Gasteiger partial charge < -0.3 is 10.2 Å². The van der Waals surface area contributed by atoms with E-state index in [0.717, 1.165) is 37.0 Å². The van der Waals surface area contributed by atoms with Gasteiger partial charge in [-0.05, 0) is 75.2 Å². The number of likely N-dealkylation sites (N-methyl/N-ethyl adjacent to an activating group) is 1. The first-order chi connectivity index (χ1) is 17.0. The molecule has 0 unspecified atom stereocenters. The summed E-state index contributed by atoms with van der Waals surface area (Å²) in [6.45, 7) is 0. The summed E-state index contributed by atoms with van der Waals surface area (Å²) in [5.41, 5.74) is 1.46. The molecule has 0 radical (unpaired) electrons. The first-order valence-corrected chi connectivity index (χ1v) is 13.8. The van der Waals surface area contributed by atoms with Crippen LogP contribution in [0.1, 0.15) is 30.7 Å². The van der Waals surface area contributed by atoms with Gasteiger partial charge in [0.25, 0.3) is 10.0 Å².